The molecule has 2 aromatic rings. The lowest BCUT2D eigenvalue weighted by atomic mass is 10.1. The highest BCUT2D eigenvalue weighted by Gasteiger charge is 2.10. The van der Waals surface area contributed by atoms with Crippen molar-refractivity contribution in [1.29, 1.82) is 0 Å². The van der Waals surface area contributed by atoms with Gasteiger partial charge in [0.2, 0.25) is 0 Å². The zero-order chi connectivity index (χ0) is 11.7. The molecule has 0 amide bonds. The quantitative estimate of drug-likeness (QED) is 0.635. The number of fused-ring (bicyclic) bond motifs is 1. The van der Waals surface area contributed by atoms with E-state index in [2.05, 4.69) is 9.88 Å². The molecule has 0 fully saturated rings. The third kappa shape index (κ3) is 1.90. The van der Waals surface area contributed by atoms with Gasteiger partial charge in [-0.05, 0) is 25.7 Å². The highest BCUT2D eigenvalue weighted by atomic mass is 16.6. The van der Waals surface area contributed by atoms with Crippen LogP contribution in [-0.2, 0) is 6.54 Å². The summed E-state index contributed by atoms with van der Waals surface area (Å²) >= 11 is 0. The monoisotopic (exact) mass is 219 g/mol. The number of H-pyrrole nitrogens is 1. The van der Waals surface area contributed by atoms with Crippen molar-refractivity contribution in [3.8, 4) is 0 Å². The van der Waals surface area contributed by atoms with Crippen LogP contribution in [0, 0.1) is 10.1 Å². The first-order valence-electron chi connectivity index (χ1n) is 4.97. The molecule has 16 heavy (non-hydrogen) atoms. The van der Waals surface area contributed by atoms with Gasteiger partial charge in [0.25, 0.3) is 5.69 Å². The number of benzene rings is 1. The van der Waals surface area contributed by atoms with Gasteiger partial charge in [0, 0.05) is 30.3 Å². The minimum atomic E-state index is -0.383. The fourth-order valence-corrected chi connectivity index (χ4v) is 1.76. The lowest BCUT2D eigenvalue weighted by Crippen LogP contribution is -2.09. The van der Waals surface area contributed by atoms with E-state index in [0.29, 0.717) is 0 Å². The fourth-order valence-electron chi connectivity index (χ4n) is 1.76. The average molecular weight is 219 g/mol. The molecule has 0 saturated carbocycles. The van der Waals surface area contributed by atoms with Gasteiger partial charge >= 0.3 is 0 Å². The van der Waals surface area contributed by atoms with E-state index in [1.165, 1.54) is 6.07 Å². The van der Waals surface area contributed by atoms with Gasteiger partial charge in [-0.3, -0.25) is 10.1 Å². The number of nitrogens with zero attached hydrogens (tertiary/aromatic N) is 2. The minimum absolute atomic E-state index is 0.116. The Balaban J connectivity index is 2.46. The van der Waals surface area contributed by atoms with Gasteiger partial charge in [0.05, 0.1) is 10.4 Å². The Kier molecular flexibility index (Phi) is 2.62. The molecule has 1 N–H and O–H groups in total. The Labute approximate surface area is 92.8 Å². The molecule has 0 bridgehead atoms. The van der Waals surface area contributed by atoms with Crippen molar-refractivity contribution in [3.63, 3.8) is 0 Å². The molecular weight excluding hydrogens is 206 g/mol. The van der Waals surface area contributed by atoms with Gasteiger partial charge in [0.1, 0.15) is 0 Å². The molecule has 2 rings (SSSR count). The molecule has 0 radical (unpaired) electrons. The van der Waals surface area contributed by atoms with Gasteiger partial charge in [-0.2, -0.15) is 0 Å². The number of aromatic amines is 1. The summed E-state index contributed by atoms with van der Waals surface area (Å²) in [6.45, 7) is 0.817. The first kappa shape index (κ1) is 10.6. The Morgan fingerprint density at radius 2 is 2.19 bits per heavy atom. The summed E-state index contributed by atoms with van der Waals surface area (Å²) in [5.41, 5.74) is 2.08. The van der Waals surface area contributed by atoms with Gasteiger partial charge in [0.15, 0.2) is 0 Å². The summed E-state index contributed by atoms with van der Waals surface area (Å²) < 4.78 is 0. The maximum atomic E-state index is 10.6. The average Bonchev–Trinajstić information content (AvgIpc) is 2.60. The number of aromatic nitrogens is 1. The van der Waals surface area contributed by atoms with Gasteiger partial charge in [-0.1, -0.05) is 0 Å². The van der Waals surface area contributed by atoms with E-state index < -0.39 is 0 Å². The maximum Gasteiger partial charge on any atom is 0.271 e. The Morgan fingerprint density at radius 1 is 1.44 bits per heavy atom. The zero-order valence-electron chi connectivity index (χ0n) is 9.23. The zero-order valence-corrected chi connectivity index (χ0v) is 9.23. The SMILES string of the molecule is CN(C)Cc1c[nH]c2cc([N+](=O)[O-])ccc12. The number of hydrogen-bond acceptors (Lipinski definition) is 3. The van der Waals surface area contributed by atoms with Crippen molar-refractivity contribution in [2.24, 2.45) is 0 Å². The van der Waals surface area contributed by atoms with Crippen molar-refractivity contribution < 1.29 is 4.92 Å². The van der Waals surface area contributed by atoms with Crippen LogP contribution in [0.3, 0.4) is 0 Å². The molecule has 0 saturated heterocycles. The molecule has 1 aromatic carbocycles. The summed E-state index contributed by atoms with van der Waals surface area (Å²) in [6.07, 6.45) is 1.90. The molecule has 0 spiro atoms. The lowest BCUT2D eigenvalue weighted by Gasteiger charge is -2.07. The molecule has 0 aliphatic carbocycles. The molecule has 5 nitrogen and oxygen atoms in total. The first-order valence-corrected chi connectivity index (χ1v) is 4.97. The Morgan fingerprint density at radius 3 is 2.81 bits per heavy atom. The Hall–Kier alpha value is -1.88. The summed E-state index contributed by atoms with van der Waals surface area (Å²) in [6, 6.07) is 4.90. The molecule has 0 aliphatic heterocycles. The predicted octanol–water partition coefficient (Wildman–Crippen LogP) is 2.14. The molecular formula is C11H13N3O2. The van der Waals surface area contributed by atoms with Crippen LogP contribution in [0.15, 0.2) is 24.4 Å². The van der Waals surface area contributed by atoms with Gasteiger partial charge in [-0.15, -0.1) is 0 Å². The topological polar surface area (TPSA) is 62.2 Å². The normalized spacial score (nSPS) is 11.2. The van der Waals surface area contributed by atoms with Crippen molar-refractivity contribution >= 4 is 16.6 Å². The van der Waals surface area contributed by atoms with Crippen molar-refractivity contribution in [2.45, 2.75) is 6.54 Å². The summed E-state index contributed by atoms with van der Waals surface area (Å²) in [5.74, 6) is 0. The van der Waals surface area contributed by atoms with Gasteiger partial charge < -0.3 is 9.88 Å². The van der Waals surface area contributed by atoms with Crippen molar-refractivity contribution in [1.82, 2.24) is 9.88 Å². The fraction of sp³-hybridized carbons (Fsp3) is 0.273. The highest BCUT2D eigenvalue weighted by Crippen LogP contribution is 2.23. The number of nitrogens with one attached hydrogen (secondary N) is 1. The summed E-state index contributed by atoms with van der Waals surface area (Å²) in [5, 5.41) is 11.7. The molecule has 0 aliphatic rings. The van der Waals surface area contributed by atoms with E-state index in [9.17, 15) is 10.1 Å². The van der Waals surface area contributed by atoms with Crippen LogP contribution in [0.2, 0.25) is 0 Å². The molecule has 0 atom stereocenters. The summed E-state index contributed by atoms with van der Waals surface area (Å²) in [4.78, 5) is 15.3. The predicted molar refractivity (Wildman–Crippen MR) is 62.3 cm³/mol. The van der Waals surface area contributed by atoms with Crippen molar-refractivity contribution in [2.75, 3.05) is 14.1 Å². The smallest absolute Gasteiger partial charge is 0.271 e. The number of non-ortho nitro benzene ring substituents is 1. The molecule has 1 aromatic heterocycles. The molecule has 84 valence electrons. The van der Waals surface area contributed by atoms with E-state index in [1.54, 1.807) is 12.1 Å². The second-order valence-electron chi connectivity index (χ2n) is 4.04. The largest absolute Gasteiger partial charge is 0.361 e. The summed E-state index contributed by atoms with van der Waals surface area (Å²) in [7, 11) is 3.98. The molecule has 0 unspecified atom stereocenters. The minimum Gasteiger partial charge on any atom is -0.361 e. The number of nitro groups is 1. The van der Waals surface area contributed by atoms with E-state index >= 15 is 0 Å². The maximum absolute atomic E-state index is 10.6. The second-order valence-corrected chi connectivity index (χ2v) is 4.04. The van der Waals surface area contributed by atoms with Crippen LogP contribution in [-0.4, -0.2) is 28.9 Å². The van der Waals surface area contributed by atoms with E-state index in [-0.39, 0.29) is 10.6 Å². The third-order valence-electron chi connectivity index (χ3n) is 2.45. The lowest BCUT2D eigenvalue weighted by molar-refractivity contribution is -0.384. The number of hydrogen-bond donors (Lipinski definition) is 1. The molecule has 5 heteroatoms. The van der Waals surface area contributed by atoms with Gasteiger partial charge in [-0.25, -0.2) is 0 Å². The molecule has 1 heterocycles. The van der Waals surface area contributed by atoms with E-state index in [4.69, 9.17) is 0 Å². The highest BCUT2D eigenvalue weighted by molar-refractivity contribution is 5.85. The number of nitro benzene ring substituents is 1. The Bertz CT molecular complexity index is 531. The standard InChI is InChI=1S/C11H13N3O2/c1-13(2)7-8-6-12-11-5-9(14(15)16)3-4-10(8)11/h3-6,12H,7H2,1-2H3. The van der Waals surface area contributed by atoms with E-state index in [1.807, 2.05) is 20.3 Å². The van der Waals surface area contributed by atoms with Crippen LogP contribution in [0.25, 0.3) is 10.9 Å². The van der Waals surface area contributed by atoms with Crippen LogP contribution < -0.4 is 0 Å². The van der Waals surface area contributed by atoms with Crippen LogP contribution >= 0.6 is 0 Å². The van der Waals surface area contributed by atoms with Crippen LogP contribution in [0.5, 0.6) is 0 Å². The van der Waals surface area contributed by atoms with E-state index in [0.717, 1.165) is 23.0 Å². The third-order valence-corrected chi connectivity index (χ3v) is 2.45. The van der Waals surface area contributed by atoms with Crippen LogP contribution in [0.4, 0.5) is 5.69 Å². The first-order chi connectivity index (χ1) is 7.58. The van der Waals surface area contributed by atoms with Crippen LogP contribution in [0.1, 0.15) is 5.56 Å². The number of rotatable bonds is 3. The van der Waals surface area contributed by atoms with Crippen molar-refractivity contribution in [3.05, 3.63) is 40.1 Å². The second kappa shape index (κ2) is 3.94.